The van der Waals surface area contributed by atoms with Crippen LogP contribution >= 0.6 is 0 Å². The molecule has 3 rings (SSSR count). The van der Waals surface area contributed by atoms with Crippen molar-refractivity contribution in [2.75, 3.05) is 20.1 Å². The van der Waals surface area contributed by atoms with Crippen LogP contribution in [0.15, 0.2) is 12.4 Å². The maximum absolute atomic E-state index is 12.7. The predicted molar refractivity (Wildman–Crippen MR) is 92.5 cm³/mol. The molecule has 1 aromatic heterocycles. The topological polar surface area (TPSA) is 104 Å². The number of hydrogen-bond donors (Lipinski definition) is 1. The molecule has 0 bridgehead atoms. The zero-order valence-corrected chi connectivity index (χ0v) is 15.3. The average Bonchev–Trinajstić information content (AvgIpc) is 2.87. The van der Waals surface area contributed by atoms with Crippen molar-refractivity contribution < 1.29 is 19.5 Å². The molecule has 2 amide bonds. The lowest BCUT2D eigenvalue weighted by Gasteiger charge is -2.45. The number of carboxylic acid groups (broad SMARTS) is 1. The third kappa shape index (κ3) is 2.93. The van der Waals surface area contributed by atoms with Gasteiger partial charge in [-0.3, -0.25) is 14.4 Å². The quantitative estimate of drug-likeness (QED) is 0.867. The number of likely N-dealkylation sites (tertiary alicyclic amines) is 2. The largest absolute Gasteiger partial charge is 0.481 e. The summed E-state index contributed by atoms with van der Waals surface area (Å²) in [5, 5.41) is 9.51. The molecule has 0 saturated carbocycles. The van der Waals surface area contributed by atoms with Crippen LogP contribution in [-0.4, -0.2) is 68.3 Å². The SMILES string of the molecule is CC(C)c1ncc(C(=O)N2CCC3(CC2)[C@H](C(=O)O)CC(=O)N3C)cn1. The molecule has 0 unspecified atom stereocenters. The summed E-state index contributed by atoms with van der Waals surface area (Å²) in [5.74, 6) is -1.08. The molecule has 3 heterocycles. The Balaban J connectivity index is 1.72. The van der Waals surface area contributed by atoms with E-state index in [1.165, 1.54) is 0 Å². The monoisotopic (exact) mass is 360 g/mol. The van der Waals surface area contributed by atoms with Crippen molar-refractivity contribution in [3.05, 3.63) is 23.8 Å². The summed E-state index contributed by atoms with van der Waals surface area (Å²) in [4.78, 5) is 48.1. The normalized spacial score (nSPS) is 22.3. The van der Waals surface area contributed by atoms with E-state index >= 15 is 0 Å². The van der Waals surface area contributed by atoms with Gasteiger partial charge in [0.1, 0.15) is 5.82 Å². The molecule has 0 radical (unpaired) electrons. The van der Waals surface area contributed by atoms with Crippen molar-refractivity contribution in [2.24, 2.45) is 5.92 Å². The van der Waals surface area contributed by atoms with Gasteiger partial charge >= 0.3 is 5.97 Å². The van der Waals surface area contributed by atoms with Crippen molar-refractivity contribution in [3.63, 3.8) is 0 Å². The Morgan fingerprint density at radius 3 is 2.31 bits per heavy atom. The zero-order valence-electron chi connectivity index (χ0n) is 15.3. The minimum Gasteiger partial charge on any atom is -0.481 e. The molecule has 26 heavy (non-hydrogen) atoms. The molecular formula is C18H24N4O4. The second kappa shape index (κ2) is 6.66. The fourth-order valence-corrected chi connectivity index (χ4v) is 4.01. The third-order valence-electron chi connectivity index (χ3n) is 5.72. The Kier molecular flexibility index (Phi) is 4.68. The summed E-state index contributed by atoms with van der Waals surface area (Å²) in [6, 6.07) is 0. The number of piperidine rings is 1. The maximum Gasteiger partial charge on any atom is 0.309 e. The van der Waals surface area contributed by atoms with E-state index in [4.69, 9.17) is 0 Å². The van der Waals surface area contributed by atoms with Crippen molar-refractivity contribution in [1.82, 2.24) is 19.8 Å². The van der Waals surface area contributed by atoms with Crippen LogP contribution in [0.2, 0.25) is 0 Å². The Morgan fingerprint density at radius 2 is 1.81 bits per heavy atom. The zero-order chi connectivity index (χ0) is 19.1. The van der Waals surface area contributed by atoms with E-state index in [1.807, 2.05) is 13.8 Å². The fraction of sp³-hybridized carbons (Fsp3) is 0.611. The molecule has 140 valence electrons. The molecule has 8 nitrogen and oxygen atoms in total. The summed E-state index contributed by atoms with van der Waals surface area (Å²) < 4.78 is 0. The highest BCUT2D eigenvalue weighted by atomic mass is 16.4. The first-order valence-corrected chi connectivity index (χ1v) is 8.87. The second-order valence-corrected chi connectivity index (χ2v) is 7.43. The van der Waals surface area contributed by atoms with Crippen LogP contribution in [0.3, 0.4) is 0 Å². The minimum atomic E-state index is -0.944. The molecular weight excluding hydrogens is 336 g/mol. The summed E-state index contributed by atoms with van der Waals surface area (Å²) in [5.41, 5.74) is -0.270. The van der Waals surface area contributed by atoms with Gasteiger partial charge in [0.05, 0.1) is 17.0 Å². The summed E-state index contributed by atoms with van der Waals surface area (Å²) >= 11 is 0. The summed E-state index contributed by atoms with van der Waals surface area (Å²) in [6.45, 7) is 4.79. The first kappa shape index (κ1) is 18.3. The standard InChI is InChI=1S/C18H24N4O4/c1-11(2)15-19-9-12(10-20-15)16(24)22-6-4-18(5-7-22)13(17(25)26)8-14(23)21(18)3/h9-11,13H,4-8H2,1-3H3,(H,25,26)/t13-/m0/s1. The van der Waals surface area contributed by atoms with Gasteiger partial charge in [-0.2, -0.15) is 0 Å². The number of hydrogen-bond acceptors (Lipinski definition) is 5. The van der Waals surface area contributed by atoms with Gasteiger partial charge in [-0.1, -0.05) is 13.8 Å². The molecule has 2 aliphatic heterocycles. The number of carbonyl (C=O) groups excluding carboxylic acids is 2. The van der Waals surface area contributed by atoms with E-state index in [0.29, 0.717) is 37.3 Å². The highest BCUT2D eigenvalue weighted by molar-refractivity contribution is 5.94. The van der Waals surface area contributed by atoms with Crippen molar-refractivity contribution in [3.8, 4) is 0 Å². The fourth-order valence-electron chi connectivity index (χ4n) is 4.01. The number of rotatable bonds is 3. The minimum absolute atomic E-state index is 0.0320. The molecule has 2 aliphatic rings. The molecule has 2 saturated heterocycles. The van der Waals surface area contributed by atoms with Gasteiger partial charge in [-0.05, 0) is 12.8 Å². The molecule has 0 aromatic carbocycles. The number of carbonyl (C=O) groups is 3. The van der Waals surface area contributed by atoms with E-state index in [-0.39, 0.29) is 24.2 Å². The molecule has 1 N–H and O–H groups in total. The first-order valence-electron chi connectivity index (χ1n) is 8.87. The van der Waals surface area contributed by atoms with E-state index in [2.05, 4.69) is 9.97 Å². The first-order chi connectivity index (χ1) is 12.3. The van der Waals surface area contributed by atoms with E-state index in [0.717, 1.165) is 0 Å². The number of aromatic nitrogens is 2. The lowest BCUT2D eigenvalue weighted by molar-refractivity contribution is -0.145. The highest BCUT2D eigenvalue weighted by Gasteiger charge is 2.55. The number of carboxylic acids is 1. The molecule has 1 atom stereocenters. The lowest BCUT2D eigenvalue weighted by Crippen LogP contribution is -2.56. The Bertz CT molecular complexity index is 723. The Hall–Kier alpha value is -2.51. The van der Waals surface area contributed by atoms with E-state index < -0.39 is 17.4 Å². The number of aliphatic carboxylic acids is 1. The molecule has 0 aliphatic carbocycles. The number of nitrogens with zero attached hydrogens (tertiary/aromatic N) is 4. The number of amides is 2. The Morgan fingerprint density at radius 1 is 1.23 bits per heavy atom. The van der Waals surface area contributed by atoms with Crippen molar-refractivity contribution in [2.45, 2.75) is 44.6 Å². The molecule has 2 fully saturated rings. The predicted octanol–water partition coefficient (Wildman–Crippen LogP) is 1.14. The van der Waals surface area contributed by atoms with Crippen LogP contribution in [0.25, 0.3) is 0 Å². The lowest BCUT2D eigenvalue weighted by atomic mass is 9.77. The van der Waals surface area contributed by atoms with Crippen LogP contribution in [0.1, 0.15) is 55.2 Å². The van der Waals surface area contributed by atoms with Crippen LogP contribution < -0.4 is 0 Å². The molecule has 1 spiro atoms. The van der Waals surface area contributed by atoms with Crippen LogP contribution in [0.4, 0.5) is 0 Å². The third-order valence-corrected chi connectivity index (χ3v) is 5.72. The van der Waals surface area contributed by atoms with Crippen LogP contribution in [0.5, 0.6) is 0 Å². The van der Waals surface area contributed by atoms with Gasteiger partial charge in [-0.15, -0.1) is 0 Å². The highest BCUT2D eigenvalue weighted by Crippen LogP contribution is 2.42. The van der Waals surface area contributed by atoms with Gasteiger partial charge in [0.25, 0.3) is 5.91 Å². The van der Waals surface area contributed by atoms with Gasteiger partial charge in [0.15, 0.2) is 0 Å². The second-order valence-electron chi connectivity index (χ2n) is 7.43. The van der Waals surface area contributed by atoms with Crippen LogP contribution in [-0.2, 0) is 9.59 Å². The molecule has 8 heteroatoms. The van der Waals surface area contributed by atoms with E-state index in [9.17, 15) is 19.5 Å². The van der Waals surface area contributed by atoms with Gasteiger partial charge in [0, 0.05) is 44.9 Å². The van der Waals surface area contributed by atoms with E-state index in [1.54, 1.807) is 29.2 Å². The van der Waals surface area contributed by atoms with Crippen molar-refractivity contribution >= 4 is 17.8 Å². The van der Waals surface area contributed by atoms with Crippen molar-refractivity contribution in [1.29, 1.82) is 0 Å². The van der Waals surface area contributed by atoms with Gasteiger partial charge in [-0.25, -0.2) is 9.97 Å². The van der Waals surface area contributed by atoms with Gasteiger partial charge < -0.3 is 14.9 Å². The molecule has 1 aromatic rings. The van der Waals surface area contributed by atoms with Gasteiger partial charge in [0.2, 0.25) is 5.91 Å². The smallest absolute Gasteiger partial charge is 0.309 e. The Labute approximate surface area is 152 Å². The summed E-state index contributed by atoms with van der Waals surface area (Å²) in [6.07, 6.45) is 4.04. The maximum atomic E-state index is 12.7. The average molecular weight is 360 g/mol. The van der Waals surface area contributed by atoms with Crippen LogP contribution in [0, 0.1) is 5.92 Å². The summed E-state index contributed by atoms with van der Waals surface area (Å²) in [7, 11) is 1.67.